The van der Waals surface area contributed by atoms with E-state index in [1.165, 1.54) is 25.7 Å². The Bertz CT molecular complexity index is 624. The number of pyridine rings is 1. The largest absolute Gasteiger partial charge is 0.357 e. The summed E-state index contributed by atoms with van der Waals surface area (Å²) in [7, 11) is 0. The van der Waals surface area contributed by atoms with Gasteiger partial charge in [-0.25, -0.2) is 15.0 Å². The van der Waals surface area contributed by atoms with Crippen LogP contribution in [0.25, 0.3) is 5.82 Å². The predicted octanol–water partition coefficient (Wildman–Crippen LogP) is 3.91. The Labute approximate surface area is 174 Å². The molecule has 26 heavy (non-hydrogen) atoms. The van der Waals surface area contributed by atoms with E-state index in [1.807, 2.05) is 23.0 Å². The number of aromatic nitrogens is 3. The number of guanidine groups is 1. The number of unbranched alkanes of at least 4 members (excludes halogenated alkanes) is 2. The van der Waals surface area contributed by atoms with Crippen LogP contribution < -0.4 is 10.6 Å². The van der Waals surface area contributed by atoms with E-state index in [1.54, 1.807) is 12.5 Å². The normalized spacial score (nSPS) is 12.3. The third-order valence-electron chi connectivity index (χ3n) is 3.97. The molecule has 2 aromatic heterocycles. The van der Waals surface area contributed by atoms with Crippen LogP contribution >= 0.6 is 24.0 Å². The molecule has 0 saturated heterocycles. The van der Waals surface area contributed by atoms with Gasteiger partial charge in [0.1, 0.15) is 12.1 Å². The van der Waals surface area contributed by atoms with Crippen molar-refractivity contribution in [3.05, 3.63) is 42.6 Å². The van der Waals surface area contributed by atoms with Crippen molar-refractivity contribution >= 4 is 29.9 Å². The molecule has 6 nitrogen and oxygen atoms in total. The summed E-state index contributed by atoms with van der Waals surface area (Å²) >= 11 is 0. The molecule has 0 radical (unpaired) electrons. The van der Waals surface area contributed by atoms with Crippen molar-refractivity contribution in [1.29, 1.82) is 0 Å². The average molecular weight is 470 g/mol. The predicted molar refractivity (Wildman–Crippen MR) is 118 cm³/mol. The third kappa shape index (κ3) is 7.72. The summed E-state index contributed by atoms with van der Waals surface area (Å²) < 4.78 is 1.89. The second kappa shape index (κ2) is 12.7. The maximum absolute atomic E-state index is 4.68. The lowest BCUT2D eigenvalue weighted by Gasteiger charge is -2.17. The van der Waals surface area contributed by atoms with Gasteiger partial charge in [-0.2, -0.15) is 0 Å². The molecular formula is C19H31IN6. The number of hydrogen-bond acceptors (Lipinski definition) is 3. The summed E-state index contributed by atoms with van der Waals surface area (Å²) in [5.74, 6) is 1.73. The molecule has 1 unspecified atom stereocenters. The van der Waals surface area contributed by atoms with Crippen LogP contribution in [0, 0.1) is 0 Å². The van der Waals surface area contributed by atoms with Crippen LogP contribution in [0.3, 0.4) is 0 Å². The van der Waals surface area contributed by atoms with Gasteiger partial charge >= 0.3 is 0 Å². The van der Waals surface area contributed by atoms with Crippen LogP contribution in [0.15, 0.2) is 42.0 Å². The van der Waals surface area contributed by atoms with Crippen molar-refractivity contribution in [1.82, 2.24) is 25.2 Å². The van der Waals surface area contributed by atoms with Gasteiger partial charge in [0, 0.05) is 31.2 Å². The summed E-state index contributed by atoms with van der Waals surface area (Å²) in [4.78, 5) is 13.2. The first-order valence-corrected chi connectivity index (χ1v) is 9.21. The zero-order valence-corrected chi connectivity index (χ0v) is 18.3. The Hall–Kier alpha value is -1.64. The number of hydrogen-bond donors (Lipinski definition) is 2. The summed E-state index contributed by atoms with van der Waals surface area (Å²) in [6.07, 6.45) is 12.2. The maximum atomic E-state index is 4.68. The number of nitrogens with one attached hydrogen (secondary N) is 2. The lowest BCUT2D eigenvalue weighted by molar-refractivity contribution is 0.547. The Morgan fingerprint density at radius 3 is 2.73 bits per heavy atom. The quantitative estimate of drug-likeness (QED) is 0.253. The molecule has 0 spiro atoms. The van der Waals surface area contributed by atoms with E-state index in [0.29, 0.717) is 12.6 Å². The van der Waals surface area contributed by atoms with E-state index in [-0.39, 0.29) is 24.0 Å². The second-order valence-electron chi connectivity index (χ2n) is 6.23. The summed E-state index contributed by atoms with van der Waals surface area (Å²) in [6, 6.07) is 4.46. The molecule has 2 rings (SSSR count). The molecule has 0 saturated carbocycles. The van der Waals surface area contributed by atoms with Crippen molar-refractivity contribution in [2.24, 2.45) is 4.99 Å². The zero-order valence-electron chi connectivity index (χ0n) is 16.0. The molecule has 0 amide bonds. The molecule has 0 fully saturated rings. The van der Waals surface area contributed by atoms with Crippen molar-refractivity contribution < 1.29 is 0 Å². The highest BCUT2D eigenvalue weighted by atomic mass is 127. The summed E-state index contributed by atoms with van der Waals surface area (Å²) in [5.41, 5.74) is 1.08. The molecule has 2 aromatic rings. The molecule has 2 heterocycles. The summed E-state index contributed by atoms with van der Waals surface area (Å²) in [5, 5.41) is 6.80. The molecular weight excluding hydrogens is 439 g/mol. The first-order valence-electron chi connectivity index (χ1n) is 9.21. The molecule has 1 atom stereocenters. The van der Waals surface area contributed by atoms with E-state index in [0.717, 1.165) is 23.9 Å². The van der Waals surface area contributed by atoms with Crippen molar-refractivity contribution in [3.63, 3.8) is 0 Å². The molecule has 7 heteroatoms. The summed E-state index contributed by atoms with van der Waals surface area (Å²) in [6.45, 7) is 7.99. The molecule has 0 aromatic carbocycles. The lowest BCUT2D eigenvalue weighted by Crippen LogP contribution is -2.42. The first-order chi connectivity index (χ1) is 12.2. The monoisotopic (exact) mass is 470 g/mol. The van der Waals surface area contributed by atoms with Crippen LogP contribution in [0.1, 0.15) is 52.0 Å². The Balaban J connectivity index is 0.00000338. The fraction of sp³-hybridized carbons (Fsp3) is 0.526. The number of halogens is 1. The molecule has 0 aliphatic carbocycles. The van der Waals surface area contributed by atoms with Gasteiger partial charge in [0.15, 0.2) is 5.96 Å². The molecule has 0 aliphatic rings. The van der Waals surface area contributed by atoms with Crippen molar-refractivity contribution in [2.45, 2.75) is 59.0 Å². The second-order valence-corrected chi connectivity index (χ2v) is 6.23. The fourth-order valence-electron chi connectivity index (χ4n) is 2.55. The van der Waals surface area contributed by atoms with Crippen molar-refractivity contribution in [3.8, 4) is 5.82 Å². The minimum atomic E-state index is 0. The smallest absolute Gasteiger partial charge is 0.191 e. The number of aliphatic imine (C=N–C) groups is 1. The van der Waals surface area contributed by atoms with Crippen LogP contribution in [-0.2, 0) is 6.54 Å². The molecule has 144 valence electrons. The van der Waals surface area contributed by atoms with Crippen molar-refractivity contribution in [2.75, 3.05) is 6.54 Å². The number of nitrogens with zero attached hydrogens (tertiary/aromatic N) is 4. The third-order valence-corrected chi connectivity index (χ3v) is 3.97. The highest BCUT2D eigenvalue weighted by Gasteiger charge is 2.05. The lowest BCUT2D eigenvalue weighted by atomic mass is 10.1. The standard InChI is InChI=1S/C19H30N6.HI/c1-4-6-7-8-16(3)24-19(21-5-2)23-14-17-9-10-18(22-13-17)25-12-11-20-15-25;/h9-13,15-16H,4-8,14H2,1-3H3,(H2,21,23,24);1H. The topological polar surface area (TPSA) is 67.1 Å². The van der Waals surface area contributed by atoms with Gasteiger partial charge in [0.25, 0.3) is 0 Å². The van der Waals surface area contributed by atoms with E-state index in [4.69, 9.17) is 0 Å². The minimum Gasteiger partial charge on any atom is -0.357 e. The van der Waals surface area contributed by atoms with E-state index in [2.05, 4.69) is 52.4 Å². The van der Waals surface area contributed by atoms with Gasteiger partial charge in [0.05, 0.1) is 6.54 Å². The van der Waals surface area contributed by atoms with Gasteiger partial charge < -0.3 is 10.6 Å². The van der Waals surface area contributed by atoms with Crippen LogP contribution in [0.5, 0.6) is 0 Å². The molecule has 2 N–H and O–H groups in total. The highest BCUT2D eigenvalue weighted by Crippen LogP contribution is 2.07. The van der Waals surface area contributed by atoms with E-state index in [9.17, 15) is 0 Å². The zero-order chi connectivity index (χ0) is 17.9. The Morgan fingerprint density at radius 2 is 2.12 bits per heavy atom. The van der Waals surface area contributed by atoms with Gasteiger partial charge in [-0.15, -0.1) is 24.0 Å². The minimum absolute atomic E-state index is 0. The Kier molecular flexibility index (Phi) is 10.9. The van der Waals surface area contributed by atoms with Crippen LogP contribution in [-0.4, -0.2) is 33.1 Å². The fourth-order valence-corrected chi connectivity index (χ4v) is 2.55. The van der Waals surface area contributed by atoms with Gasteiger partial charge in [-0.3, -0.25) is 4.57 Å². The van der Waals surface area contributed by atoms with Gasteiger partial charge in [0.2, 0.25) is 0 Å². The number of rotatable bonds is 9. The van der Waals surface area contributed by atoms with Gasteiger partial charge in [-0.1, -0.05) is 32.3 Å². The average Bonchev–Trinajstić information content (AvgIpc) is 3.15. The SMILES string of the molecule is CCCCCC(C)NC(=NCc1ccc(-n2ccnc2)nc1)NCC.I. The number of imidazole rings is 1. The molecule has 0 bridgehead atoms. The van der Waals surface area contributed by atoms with E-state index < -0.39 is 0 Å². The maximum Gasteiger partial charge on any atom is 0.191 e. The van der Waals surface area contributed by atoms with Gasteiger partial charge in [-0.05, 0) is 31.9 Å². The first kappa shape index (κ1) is 22.4. The van der Waals surface area contributed by atoms with Crippen LogP contribution in [0.2, 0.25) is 0 Å². The Morgan fingerprint density at radius 1 is 1.27 bits per heavy atom. The van der Waals surface area contributed by atoms with Crippen LogP contribution in [0.4, 0.5) is 0 Å². The highest BCUT2D eigenvalue weighted by molar-refractivity contribution is 14.0. The van der Waals surface area contributed by atoms with E-state index >= 15 is 0 Å². The molecule has 0 aliphatic heterocycles.